The zero-order chi connectivity index (χ0) is 29.1. The van der Waals surface area contributed by atoms with Crippen LogP contribution in [0.1, 0.15) is 49.4 Å². The molecule has 5 heteroatoms. The lowest BCUT2D eigenvalue weighted by molar-refractivity contribution is -0.157. The van der Waals surface area contributed by atoms with Crippen molar-refractivity contribution in [1.82, 2.24) is 4.90 Å². The van der Waals surface area contributed by atoms with Crippen molar-refractivity contribution >= 4 is 11.8 Å². The van der Waals surface area contributed by atoms with Crippen molar-refractivity contribution in [2.24, 2.45) is 0 Å². The predicted molar refractivity (Wildman–Crippen MR) is 162 cm³/mol. The molecule has 0 N–H and O–H groups in total. The molecule has 0 aliphatic carbocycles. The SMILES string of the molecule is CC(C)(C)OC(=O)CC(=O)[C@H](Cc1ccc(OCc2ccccc2)cc1)N(Cc1ccccc1)Cc1ccccc1. The van der Waals surface area contributed by atoms with Crippen molar-refractivity contribution in [1.29, 1.82) is 0 Å². The van der Waals surface area contributed by atoms with Crippen LogP contribution in [0.15, 0.2) is 115 Å². The second kappa shape index (κ2) is 14.4. The standard InChI is InChI=1S/C36H39NO4/c1-36(2,3)41-35(39)24-34(38)33(23-28-19-21-32(22-20-28)40-27-31-17-11-6-12-18-31)37(25-29-13-7-4-8-14-29)26-30-15-9-5-10-16-30/h4-22,33H,23-27H2,1-3H3/t33-/m0/s1. The third-order valence-electron chi connectivity index (χ3n) is 6.61. The van der Waals surface area contributed by atoms with E-state index in [1.54, 1.807) is 0 Å². The van der Waals surface area contributed by atoms with E-state index in [9.17, 15) is 9.59 Å². The molecule has 0 spiro atoms. The fraction of sp³-hybridized carbons (Fsp3) is 0.278. The number of hydrogen-bond donors (Lipinski definition) is 0. The molecule has 5 nitrogen and oxygen atoms in total. The zero-order valence-electron chi connectivity index (χ0n) is 24.2. The summed E-state index contributed by atoms with van der Waals surface area (Å²) < 4.78 is 11.5. The maximum absolute atomic E-state index is 13.8. The third kappa shape index (κ3) is 10.0. The molecule has 0 fully saturated rings. The Morgan fingerprint density at radius 2 is 1.15 bits per heavy atom. The van der Waals surface area contributed by atoms with Gasteiger partial charge in [0.05, 0.1) is 6.04 Å². The molecule has 212 valence electrons. The van der Waals surface area contributed by atoms with E-state index in [0.29, 0.717) is 26.1 Å². The van der Waals surface area contributed by atoms with E-state index < -0.39 is 17.6 Å². The highest BCUT2D eigenvalue weighted by Crippen LogP contribution is 2.22. The van der Waals surface area contributed by atoms with Crippen LogP contribution >= 0.6 is 0 Å². The molecule has 0 aliphatic heterocycles. The average molecular weight is 550 g/mol. The van der Waals surface area contributed by atoms with E-state index in [2.05, 4.69) is 29.2 Å². The van der Waals surface area contributed by atoms with Crippen LogP contribution in [0.5, 0.6) is 5.75 Å². The van der Waals surface area contributed by atoms with Crippen LogP contribution in [-0.4, -0.2) is 28.3 Å². The Hall–Kier alpha value is -4.22. The summed E-state index contributed by atoms with van der Waals surface area (Å²) in [5.74, 6) is 0.103. The Morgan fingerprint density at radius 3 is 1.63 bits per heavy atom. The maximum atomic E-state index is 13.8. The minimum absolute atomic E-state index is 0.157. The normalized spacial score (nSPS) is 12.1. The monoisotopic (exact) mass is 549 g/mol. The second-order valence-corrected chi connectivity index (χ2v) is 11.2. The van der Waals surface area contributed by atoms with Gasteiger partial charge in [0.1, 0.15) is 24.4 Å². The van der Waals surface area contributed by atoms with Gasteiger partial charge in [-0.05, 0) is 61.6 Å². The minimum atomic E-state index is -0.657. The lowest BCUT2D eigenvalue weighted by Crippen LogP contribution is -2.43. The number of ether oxygens (including phenoxy) is 2. The van der Waals surface area contributed by atoms with Crippen LogP contribution in [0, 0.1) is 0 Å². The Balaban J connectivity index is 1.57. The Kier molecular flexibility index (Phi) is 10.5. The highest BCUT2D eigenvalue weighted by Gasteiger charge is 2.30. The van der Waals surface area contributed by atoms with Gasteiger partial charge in [0.25, 0.3) is 0 Å². The number of carbonyl (C=O) groups excluding carboxylic acids is 2. The van der Waals surface area contributed by atoms with Crippen molar-refractivity contribution in [3.8, 4) is 5.75 Å². The van der Waals surface area contributed by atoms with E-state index in [4.69, 9.17) is 9.47 Å². The molecule has 0 saturated heterocycles. The van der Waals surface area contributed by atoms with E-state index >= 15 is 0 Å². The van der Waals surface area contributed by atoms with Gasteiger partial charge in [-0.2, -0.15) is 0 Å². The number of ketones is 1. The summed E-state index contributed by atoms with van der Waals surface area (Å²) in [6, 6.07) is 37.6. The van der Waals surface area contributed by atoms with Crippen LogP contribution < -0.4 is 4.74 Å². The van der Waals surface area contributed by atoms with Gasteiger partial charge in [-0.15, -0.1) is 0 Å². The molecule has 4 aromatic rings. The van der Waals surface area contributed by atoms with Gasteiger partial charge in [-0.1, -0.05) is 103 Å². The number of nitrogens with zero attached hydrogens (tertiary/aromatic N) is 1. The molecule has 0 saturated carbocycles. The molecule has 0 amide bonds. The highest BCUT2D eigenvalue weighted by atomic mass is 16.6. The van der Waals surface area contributed by atoms with Crippen molar-refractivity contribution < 1.29 is 19.1 Å². The number of esters is 1. The largest absolute Gasteiger partial charge is 0.489 e. The topological polar surface area (TPSA) is 55.8 Å². The molecule has 4 rings (SSSR count). The number of rotatable bonds is 13. The first kappa shape index (κ1) is 29.8. The summed E-state index contributed by atoms with van der Waals surface area (Å²) in [5, 5.41) is 0. The second-order valence-electron chi connectivity index (χ2n) is 11.2. The lowest BCUT2D eigenvalue weighted by atomic mass is 9.97. The summed E-state index contributed by atoms with van der Waals surface area (Å²) >= 11 is 0. The van der Waals surface area contributed by atoms with Crippen molar-refractivity contribution in [2.75, 3.05) is 0 Å². The molecule has 1 atom stereocenters. The molecule has 4 aromatic carbocycles. The smallest absolute Gasteiger partial charge is 0.313 e. The van der Waals surface area contributed by atoms with E-state index in [1.165, 1.54) is 0 Å². The molecule has 0 unspecified atom stereocenters. The Labute approximate surface area is 243 Å². The number of benzene rings is 4. The molecule has 41 heavy (non-hydrogen) atoms. The van der Waals surface area contributed by atoms with Gasteiger partial charge in [0.15, 0.2) is 5.78 Å². The first-order valence-electron chi connectivity index (χ1n) is 14.1. The van der Waals surface area contributed by atoms with Crippen LogP contribution in [0.3, 0.4) is 0 Å². The number of carbonyl (C=O) groups is 2. The van der Waals surface area contributed by atoms with Gasteiger partial charge < -0.3 is 9.47 Å². The van der Waals surface area contributed by atoms with Gasteiger partial charge in [-0.25, -0.2) is 0 Å². The average Bonchev–Trinajstić information content (AvgIpc) is 2.96. The molecular formula is C36H39NO4. The summed E-state index contributed by atoms with van der Waals surface area (Å²) in [5.41, 5.74) is 3.63. The van der Waals surface area contributed by atoms with Crippen LogP contribution in [0.2, 0.25) is 0 Å². The fourth-order valence-corrected chi connectivity index (χ4v) is 4.68. The van der Waals surface area contributed by atoms with Gasteiger partial charge in [0.2, 0.25) is 0 Å². The van der Waals surface area contributed by atoms with E-state index in [-0.39, 0.29) is 12.2 Å². The molecule has 0 aromatic heterocycles. The van der Waals surface area contributed by atoms with Crippen molar-refractivity contribution in [3.63, 3.8) is 0 Å². The summed E-state index contributed by atoms with van der Waals surface area (Å²) in [6.07, 6.45) is 0.181. The van der Waals surface area contributed by atoms with Gasteiger partial charge in [0, 0.05) is 13.1 Å². The van der Waals surface area contributed by atoms with E-state index in [0.717, 1.165) is 28.0 Å². The van der Waals surface area contributed by atoms with Crippen molar-refractivity contribution in [3.05, 3.63) is 138 Å². The predicted octanol–water partition coefficient (Wildman–Crippen LogP) is 7.18. The Morgan fingerprint density at radius 1 is 0.659 bits per heavy atom. The molecular weight excluding hydrogens is 510 g/mol. The van der Waals surface area contributed by atoms with Crippen molar-refractivity contribution in [2.45, 2.75) is 65.0 Å². The highest BCUT2D eigenvalue weighted by molar-refractivity contribution is 5.98. The maximum Gasteiger partial charge on any atom is 0.313 e. The molecule has 0 aliphatic rings. The van der Waals surface area contributed by atoms with Crippen LogP contribution in [0.4, 0.5) is 0 Å². The van der Waals surface area contributed by atoms with Gasteiger partial charge in [-0.3, -0.25) is 14.5 Å². The quantitative estimate of drug-likeness (QED) is 0.131. The summed E-state index contributed by atoms with van der Waals surface area (Å²) in [6.45, 7) is 7.05. The fourth-order valence-electron chi connectivity index (χ4n) is 4.68. The zero-order valence-corrected chi connectivity index (χ0v) is 24.2. The van der Waals surface area contributed by atoms with Gasteiger partial charge >= 0.3 is 5.97 Å². The van der Waals surface area contributed by atoms with Crippen LogP contribution in [0.25, 0.3) is 0 Å². The number of Topliss-reactive ketones (excluding diaryl/α,β-unsaturated/α-hetero) is 1. The molecule has 0 bridgehead atoms. The Bertz CT molecular complexity index is 1320. The third-order valence-corrected chi connectivity index (χ3v) is 6.61. The van der Waals surface area contributed by atoms with Crippen LogP contribution in [-0.2, 0) is 40.4 Å². The molecule has 0 heterocycles. The first-order chi connectivity index (χ1) is 19.7. The minimum Gasteiger partial charge on any atom is -0.489 e. The van der Waals surface area contributed by atoms with E-state index in [1.807, 2.05) is 112 Å². The number of hydrogen-bond acceptors (Lipinski definition) is 5. The lowest BCUT2D eigenvalue weighted by Gasteiger charge is -2.31. The summed E-state index contributed by atoms with van der Waals surface area (Å²) in [4.78, 5) is 28.7. The summed E-state index contributed by atoms with van der Waals surface area (Å²) in [7, 11) is 0. The molecule has 0 radical (unpaired) electrons. The first-order valence-corrected chi connectivity index (χ1v) is 14.1.